The number of amides is 1. The minimum Gasteiger partial charge on any atom is -0.493 e. The monoisotopic (exact) mass is 483 g/mol. The number of carbonyl (C=O) groups excluding carboxylic acids is 2. The van der Waals surface area contributed by atoms with Gasteiger partial charge in [-0.25, -0.2) is 4.79 Å². The maximum atomic E-state index is 12.7. The summed E-state index contributed by atoms with van der Waals surface area (Å²) >= 11 is 7.27. The van der Waals surface area contributed by atoms with Crippen LogP contribution in [0.5, 0.6) is 5.75 Å². The average molecular weight is 484 g/mol. The molecule has 172 valence electrons. The Morgan fingerprint density at radius 3 is 2.58 bits per heavy atom. The Labute approximate surface area is 203 Å². The van der Waals surface area contributed by atoms with Crippen LogP contribution in [0.2, 0.25) is 5.02 Å². The predicted molar refractivity (Wildman–Crippen MR) is 135 cm³/mol. The van der Waals surface area contributed by atoms with Gasteiger partial charge in [0.05, 0.1) is 13.2 Å². The summed E-state index contributed by atoms with van der Waals surface area (Å²) in [6, 6.07) is 14.7. The van der Waals surface area contributed by atoms with Crippen molar-refractivity contribution in [2.45, 2.75) is 26.7 Å². The molecule has 2 aromatic carbocycles. The minimum atomic E-state index is -0.488. The molecule has 0 aliphatic heterocycles. The number of unbranched alkanes of at least 4 members (excludes halogenated alkanes) is 1. The standard InChI is InChI=1S/C26H26ClNO4S/c1-3-5-16-32-22-9-7-6-8-19(22)12-15-23(29)28-25-24(26(30)31-4-2)21(17-33-25)18-10-13-20(27)14-11-18/h6-15,17H,3-5,16H2,1-2H3,(H,28,29)/b15-12+. The number of nitrogens with one attached hydrogen (secondary N) is 1. The van der Waals surface area contributed by atoms with Crippen LogP contribution < -0.4 is 10.1 Å². The first-order valence-corrected chi connectivity index (χ1v) is 12.0. The molecule has 5 nitrogen and oxygen atoms in total. The Kier molecular flexibility index (Phi) is 9.10. The number of benzene rings is 2. The van der Waals surface area contributed by atoms with Crippen molar-refractivity contribution in [2.75, 3.05) is 18.5 Å². The van der Waals surface area contributed by atoms with E-state index in [-0.39, 0.29) is 12.5 Å². The quantitative estimate of drug-likeness (QED) is 0.190. The van der Waals surface area contributed by atoms with Gasteiger partial charge >= 0.3 is 5.97 Å². The number of thiophene rings is 1. The summed E-state index contributed by atoms with van der Waals surface area (Å²) in [7, 11) is 0. The lowest BCUT2D eigenvalue weighted by Crippen LogP contribution is -2.12. The van der Waals surface area contributed by atoms with Crippen LogP contribution in [-0.4, -0.2) is 25.1 Å². The van der Waals surface area contributed by atoms with E-state index < -0.39 is 5.97 Å². The number of ether oxygens (including phenoxy) is 2. The molecule has 7 heteroatoms. The second-order valence-corrected chi connectivity index (χ2v) is 8.46. The third-order valence-corrected chi connectivity index (χ3v) is 5.90. The Morgan fingerprint density at radius 1 is 1.09 bits per heavy atom. The topological polar surface area (TPSA) is 64.6 Å². The molecule has 0 atom stereocenters. The Bertz CT molecular complexity index is 1120. The van der Waals surface area contributed by atoms with Crippen LogP contribution in [0.3, 0.4) is 0 Å². The molecule has 0 aliphatic rings. The van der Waals surface area contributed by atoms with Crippen LogP contribution in [0.1, 0.15) is 42.6 Å². The van der Waals surface area contributed by atoms with E-state index in [1.165, 1.54) is 17.4 Å². The molecule has 0 saturated heterocycles. The molecule has 0 fully saturated rings. The number of hydrogen-bond acceptors (Lipinski definition) is 5. The van der Waals surface area contributed by atoms with Crippen molar-refractivity contribution in [3.05, 3.63) is 76.1 Å². The molecule has 0 aliphatic carbocycles. The fraction of sp³-hybridized carbons (Fsp3) is 0.231. The van der Waals surface area contributed by atoms with Gasteiger partial charge in [0.25, 0.3) is 0 Å². The van der Waals surface area contributed by atoms with E-state index >= 15 is 0 Å². The van der Waals surface area contributed by atoms with Gasteiger partial charge in [-0.2, -0.15) is 0 Å². The van der Waals surface area contributed by atoms with Gasteiger partial charge < -0.3 is 14.8 Å². The number of para-hydroxylation sites is 1. The molecule has 0 bridgehead atoms. The van der Waals surface area contributed by atoms with Crippen LogP contribution in [0.4, 0.5) is 5.00 Å². The Morgan fingerprint density at radius 2 is 1.85 bits per heavy atom. The molecule has 1 aromatic heterocycles. The lowest BCUT2D eigenvalue weighted by Gasteiger charge is -2.09. The fourth-order valence-corrected chi connectivity index (χ4v) is 4.18. The van der Waals surface area contributed by atoms with Gasteiger partial charge in [0.15, 0.2) is 0 Å². The SMILES string of the molecule is CCCCOc1ccccc1/C=C/C(=O)Nc1scc(-c2ccc(Cl)cc2)c1C(=O)OCC. The van der Waals surface area contributed by atoms with E-state index in [9.17, 15) is 9.59 Å². The van der Waals surface area contributed by atoms with Crippen LogP contribution in [0.25, 0.3) is 17.2 Å². The molecule has 0 unspecified atom stereocenters. The van der Waals surface area contributed by atoms with Gasteiger partial charge in [0.2, 0.25) is 5.91 Å². The summed E-state index contributed by atoms with van der Waals surface area (Å²) in [6.45, 7) is 4.70. The highest BCUT2D eigenvalue weighted by Crippen LogP contribution is 2.36. The van der Waals surface area contributed by atoms with Crippen molar-refractivity contribution in [2.24, 2.45) is 0 Å². The van der Waals surface area contributed by atoms with E-state index in [2.05, 4.69) is 12.2 Å². The van der Waals surface area contributed by atoms with E-state index in [4.69, 9.17) is 21.1 Å². The van der Waals surface area contributed by atoms with E-state index in [0.29, 0.717) is 27.8 Å². The van der Waals surface area contributed by atoms with Crippen molar-refractivity contribution >= 4 is 45.9 Å². The second-order valence-electron chi connectivity index (χ2n) is 7.14. The van der Waals surface area contributed by atoms with Gasteiger partial charge in [-0.3, -0.25) is 4.79 Å². The molecular weight excluding hydrogens is 458 g/mol. The molecule has 1 heterocycles. The molecule has 33 heavy (non-hydrogen) atoms. The molecular formula is C26H26ClNO4S. The highest BCUT2D eigenvalue weighted by Gasteiger charge is 2.22. The van der Waals surface area contributed by atoms with E-state index in [0.717, 1.165) is 29.7 Å². The molecule has 3 aromatic rings. The van der Waals surface area contributed by atoms with Crippen molar-refractivity contribution < 1.29 is 19.1 Å². The summed E-state index contributed by atoms with van der Waals surface area (Å²) in [5, 5.41) is 5.68. The third-order valence-electron chi connectivity index (χ3n) is 4.75. The molecule has 3 rings (SSSR count). The Balaban J connectivity index is 1.81. The van der Waals surface area contributed by atoms with Crippen molar-refractivity contribution in [1.82, 2.24) is 0 Å². The number of halogens is 1. The molecule has 0 radical (unpaired) electrons. The first-order valence-electron chi connectivity index (χ1n) is 10.8. The fourth-order valence-electron chi connectivity index (χ4n) is 3.09. The van der Waals surface area contributed by atoms with Crippen LogP contribution in [0, 0.1) is 0 Å². The highest BCUT2D eigenvalue weighted by atomic mass is 35.5. The largest absolute Gasteiger partial charge is 0.493 e. The van der Waals surface area contributed by atoms with Crippen molar-refractivity contribution in [3.8, 4) is 16.9 Å². The first-order chi connectivity index (χ1) is 16.0. The minimum absolute atomic E-state index is 0.233. The van der Waals surface area contributed by atoms with Crippen molar-refractivity contribution in [3.63, 3.8) is 0 Å². The van der Waals surface area contributed by atoms with Crippen LogP contribution in [-0.2, 0) is 9.53 Å². The number of hydrogen-bond donors (Lipinski definition) is 1. The summed E-state index contributed by atoms with van der Waals surface area (Å²) in [5.41, 5.74) is 2.63. The first kappa shape index (κ1) is 24.6. The lowest BCUT2D eigenvalue weighted by molar-refractivity contribution is -0.111. The molecule has 0 spiro atoms. The molecule has 0 saturated carbocycles. The van der Waals surface area contributed by atoms with Crippen LogP contribution in [0.15, 0.2) is 60.0 Å². The zero-order chi connectivity index (χ0) is 23.6. The third kappa shape index (κ3) is 6.70. The summed E-state index contributed by atoms with van der Waals surface area (Å²) < 4.78 is 11.1. The highest BCUT2D eigenvalue weighted by molar-refractivity contribution is 7.15. The van der Waals surface area contributed by atoms with Gasteiger partial charge in [-0.05, 0) is 43.2 Å². The maximum absolute atomic E-state index is 12.7. The molecule has 1 amide bonds. The van der Waals surface area contributed by atoms with Gasteiger partial charge in [-0.1, -0.05) is 55.3 Å². The lowest BCUT2D eigenvalue weighted by atomic mass is 10.0. The smallest absolute Gasteiger partial charge is 0.341 e. The van der Waals surface area contributed by atoms with Gasteiger partial charge in [-0.15, -0.1) is 11.3 Å². The van der Waals surface area contributed by atoms with Gasteiger partial charge in [0.1, 0.15) is 16.3 Å². The summed E-state index contributed by atoms with van der Waals surface area (Å²) in [5.74, 6) is -0.116. The maximum Gasteiger partial charge on any atom is 0.341 e. The predicted octanol–water partition coefficient (Wildman–Crippen LogP) is 7.08. The molecule has 1 N–H and O–H groups in total. The Hall–Kier alpha value is -3.09. The normalized spacial score (nSPS) is 10.9. The van der Waals surface area contributed by atoms with Crippen molar-refractivity contribution in [1.29, 1.82) is 0 Å². The number of carbonyl (C=O) groups is 2. The van der Waals surface area contributed by atoms with E-state index in [1.54, 1.807) is 25.1 Å². The zero-order valence-electron chi connectivity index (χ0n) is 18.6. The number of esters is 1. The average Bonchev–Trinajstić information content (AvgIpc) is 3.22. The zero-order valence-corrected chi connectivity index (χ0v) is 20.2. The van der Waals surface area contributed by atoms with E-state index in [1.807, 2.05) is 41.8 Å². The van der Waals surface area contributed by atoms with Crippen LogP contribution >= 0.6 is 22.9 Å². The number of anilines is 1. The number of rotatable bonds is 10. The second kappa shape index (κ2) is 12.2. The van der Waals surface area contributed by atoms with Gasteiger partial charge in [0, 0.05) is 27.6 Å². The summed E-state index contributed by atoms with van der Waals surface area (Å²) in [6.07, 6.45) is 5.14. The summed E-state index contributed by atoms with van der Waals surface area (Å²) in [4.78, 5) is 25.4.